The van der Waals surface area contributed by atoms with Crippen LogP contribution >= 0.6 is 11.3 Å². The average molecular weight is 441 g/mol. The Labute approximate surface area is 186 Å². The van der Waals surface area contributed by atoms with Crippen LogP contribution in [0.4, 0.5) is 5.00 Å². The summed E-state index contributed by atoms with van der Waals surface area (Å²) in [5, 5.41) is 16.0. The minimum absolute atomic E-state index is 0.186. The lowest BCUT2D eigenvalue weighted by atomic mass is 9.79. The number of carboxylic acid groups (broad SMARTS) is 1. The normalized spacial score (nSPS) is 20.2. The van der Waals surface area contributed by atoms with Gasteiger partial charge in [-0.05, 0) is 50.2 Å². The van der Waals surface area contributed by atoms with Crippen molar-refractivity contribution in [3.05, 3.63) is 51.4 Å². The predicted molar refractivity (Wildman–Crippen MR) is 120 cm³/mol. The van der Waals surface area contributed by atoms with E-state index in [1.807, 2.05) is 31.2 Å². The molecule has 2 amide bonds. The summed E-state index contributed by atoms with van der Waals surface area (Å²) in [5.41, 5.74) is 3.77. The first-order chi connectivity index (χ1) is 14.9. The maximum atomic E-state index is 13.1. The van der Waals surface area contributed by atoms with Crippen LogP contribution in [0, 0.1) is 18.8 Å². The summed E-state index contributed by atoms with van der Waals surface area (Å²) in [4.78, 5) is 38.9. The number of thiophene rings is 1. The molecule has 0 bridgehead atoms. The highest BCUT2D eigenvalue weighted by atomic mass is 32.1. The Balaban J connectivity index is 1.52. The minimum Gasteiger partial charge on any atom is -0.481 e. The number of amides is 2. The van der Waals surface area contributed by atoms with Crippen LogP contribution in [-0.2, 0) is 29.0 Å². The fourth-order valence-corrected chi connectivity index (χ4v) is 5.94. The van der Waals surface area contributed by atoms with E-state index in [9.17, 15) is 19.5 Å². The van der Waals surface area contributed by atoms with Gasteiger partial charge in [0, 0.05) is 11.4 Å². The molecular formula is C24H28N2O4S. The van der Waals surface area contributed by atoms with Crippen LogP contribution in [0.15, 0.2) is 24.3 Å². The van der Waals surface area contributed by atoms with Gasteiger partial charge in [0.1, 0.15) is 5.00 Å². The van der Waals surface area contributed by atoms with Gasteiger partial charge in [0.05, 0.1) is 17.4 Å². The van der Waals surface area contributed by atoms with E-state index in [0.717, 1.165) is 53.7 Å². The van der Waals surface area contributed by atoms with Crippen molar-refractivity contribution in [2.24, 2.45) is 11.8 Å². The molecule has 6 nitrogen and oxygen atoms in total. The third kappa shape index (κ3) is 4.66. The molecule has 0 spiro atoms. The van der Waals surface area contributed by atoms with Crippen molar-refractivity contribution in [2.45, 2.75) is 58.4 Å². The molecule has 0 unspecified atom stereocenters. The SMILES string of the molecule is Cc1ccc(CNC(=O)c2c(NC(=O)[C@@H]3CCCC[C@@H]3C(=O)O)sc3c2CCC3)cc1. The minimum atomic E-state index is -0.912. The number of aliphatic carboxylic acids is 1. The molecule has 1 aromatic carbocycles. The van der Waals surface area contributed by atoms with Gasteiger partial charge >= 0.3 is 5.97 Å². The molecular weight excluding hydrogens is 412 g/mol. The molecule has 2 aliphatic carbocycles. The summed E-state index contributed by atoms with van der Waals surface area (Å²) in [5.74, 6) is -2.58. The zero-order chi connectivity index (χ0) is 22.0. The van der Waals surface area contributed by atoms with Gasteiger partial charge < -0.3 is 15.7 Å². The number of rotatable bonds is 6. The average Bonchev–Trinajstić information content (AvgIpc) is 3.34. The van der Waals surface area contributed by atoms with Crippen molar-refractivity contribution in [3.63, 3.8) is 0 Å². The van der Waals surface area contributed by atoms with E-state index in [2.05, 4.69) is 10.6 Å². The number of carbonyl (C=O) groups is 3. The Morgan fingerprint density at radius 3 is 2.45 bits per heavy atom. The summed E-state index contributed by atoms with van der Waals surface area (Å²) in [6, 6.07) is 8.01. The number of hydrogen-bond acceptors (Lipinski definition) is 4. The fourth-order valence-electron chi connectivity index (χ4n) is 4.65. The molecule has 0 aliphatic heterocycles. The van der Waals surface area contributed by atoms with Crippen LogP contribution in [0.5, 0.6) is 0 Å². The van der Waals surface area contributed by atoms with E-state index in [4.69, 9.17) is 0 Å². The zero-order valence-electron chi connectivity index (χ0n) is 17.7. The largest absolute Gasteiger partial charge is 0.481 e. The highest BCUT2D eigenvalue weighted by Crippen LogP contribution is 2.40. The summed E-state index contributed by atoms with van der Waals surface area (Å²) in [6.07, 6.45) is 5.54. The summed E-state index contributed by atoms with van der Waals surface area (Å²) < 4.78 is 0. The van der Waals surface area contributed by atoms with Gasteiger partial charge in [-0.25, -0.2) is 0 Å². The van der Waals surface area contributed by atoms with Gasteiger partial charge in [-0.15, -0.1) is 11.3 Å². The van der Waals surface area contributed by atoms with Crippen molar-refractivity contribution in [2.75, 3.05) is 5.32 Å². The maximum absolute atomic E-state index is 13.1. The molecule has 7 heteroatoms. The van der Waals surface area contributed by atoms with Crippen molar-refractivity contribution in [1.82, 2.24) is 5.32 Å². The van der Waals surface area contributed by atoms with Gasteiger partial charge in [0.15, 0.2) is 0 Å². The van der Waals surface area contributed by atoms with Gasteiger partial charge in [-0.2, -0.15) is 0 Å². The van der Waals surface area contributed by atoms with E-state index in [1.54, 1.807) is 0 Å². The van der Waals surface area contributed by atoms with E-state index in [1.165, 1.54) is 11.3 Å². The Morgan fingerprint density at radius 2 is 1.74 bits per heavy atom. The lowest BCUT2D eigenvalue weighted by molar-refractivity contribution is -0.147. The van der Waals surface area contributed by atoms with Crippen molar-refractivity contribution < 1.29 is 19.5 Å². The van der Waals surface area contributed by atoms with Gasteiger partial charge in [-0.1, -0.05) is 42.7 Å². The molecule has 1 fully saturated rings. The second-order valence-corrected chi connectivity index (χ2v) is 9.66. The van der Waals surface area contributed by atoms with Crippen LogP contribution in [0.2, 0.25) is 0 Å². The van der Waals surface area contributed by atoms with Gasteiger partial charge in [-0.3, -0.25) is 14.4 Å². The molecule has 2 aromatic rings. The number of carbonyl (C=O) groups excluding carboxylic acids is 2. The number of carboxylic acids is 1. The predicted octanol–water partition coefficient (Wildman–Crippen LogP) is 4.30. The van der Waals surface area contributed by atoms with Crippen molar-refractivity contribution in [3.8, 4) is 0 Å². The van der Waals surface area contributed by atoms with Crippen LogP contribution in [0.1, 0.15) is 64.0 Å². The quantitative estimate of drug-likeness (QED) is 0.624. The summed E-state index contributed by atoms with van der Waals surface area (Å²) in [7, 11) is 0. The molecule has 3 N–H and O–H groups in total. The molecule has 2 aliphatic rings. The Hall–Kier alpha value is -2.67. The fraction of sp³-hybridized carbons (Fsp3) is 0.458. The van der Waals surface area contributed by atoms with Crippen molar-refractivity contribution in [1.29, 1.82) is 0 Å². The molecule has 1 heterocycles. The van der Waals surface area contributed by atoms with Gasteiger partial charge in [0.2, 0.25) is 5.91 Å². The summed E-state index contributed by atoms with van der Waals surface area (Å²) >= 11 is 1.46. The molecule has 0 radical (unpaired) electrons. The van der Waals surface area contributed by atoms with Crippen LogP contribution < -0.4 is 10.6 Å². The number of fused-ring (bicyclic) bond motifs is 1. The van der Waals surface area contributed by atoms with E-state index < -0.39 is 17.8 Å². The smallest absolute Gasteiger partial charge is 0.307 e. The van der Waals surface area contributed by atoms with Crippen LogP contribution in [-0.4, -0.2) is 22.9 Å². The number of nitrogens with one attached hydrogen (secondary N) is 2. The Bertz CT molecular complexity index is 996. The number of hydrogen-bond donors (Lipinski definition) is 3. The molecule has 31 heavy (non-hydrogen) atoms. The van der Waals surface area contributed by atoms with Crippen LogP contribution in [0.3, 0.4) is 0 Å². The lowest BCUT2D eigenvalue weighted by Crippen LogP contribution is -2.36. The van der Waals surface area contributed by atoms with E-state index >= 15 is 0 Å². The molecule has 1 aromatic heterocycles. The molecule has 0 saturated heterocycles. The first-order valence-electron chi connectivity index (χ1n) is 11.0. The monoisotopic (exact) mass is 440 g/mol. The van der Waals surface area contributed by atoms with E-state index in [0.29, 0.717) is 30.0 Å². The molecule has 164 valence electrons. The third-order valence-corrected chi connectivity index (χ3v) is 7.59. The first kappa shape index (κ1) is 21.6. The number of aryl methyl sites for hydroxylation is 2. The topological polar surface area (TPSA) is 95.5 Å². The Kier molecular flexibility index (Phi) is 6.41. The Morgan fingerprint density at radius 1 is 1.03 bits per heavy atom. The third-order valence-electron chi connectivity index (χ3n) is 6.38. The highest BCUT2D eigenvalue weighted by Gasteiger charge is 2.37. The summed E-state index contributed by atoms with van der Waals surface area (Å²) in [6.45, 7) is 2.44. The number of benzene rings is 1. The second-order valence-electron chi connectivity index (χ2n) is 8.55. The number of anilines is 1. The lowest BCUT2D eigenvalue weighted by Gasteiger charge is -2.27. The second kappa shape index (κ2) is 9.22. The molecule has 2 atom stereocenters. The maximum Gasteiger partial charge on any atom is 0.307 e. The zero-order valence-corrected chi connectivity index (χ0v) is 18.5. The van der Waals surface area contributed by atoms with Gasteiger partial charge in [0.25, 0.3) is 5.91 Å². The molecule has 4 rings (SSSR count). The highest BCUT2D eigenvalue weighted by molar-refractivity contribution is 7.17. The molecule has 1 saturated carbocycles. The van der Waals surface area contributed by atoms with E-state index in [-0.39, 0.29) is 11.8 Å². The van der Waals surface area contributed by atoms with Crippen molar-refractivity contribution >= 4 is 34.1 Å². The first-order valence-corrected chi connectivity index (χ1v) is 11.8. The standard InChI is InChI=1S/C24H28N2O4S/c1-14-9-11-15(12-10-14)13-25-22(28)20-18-7-4-8-19(18)31-23(20)26-21(27)16-5-2-3-6-17(16)24(29)30/h9-12,16-17H,2-8,13H2,1H3,(H,25,28)(H,26,27)(H,29,30)/t16-,17+/m1/s1. The van der Waals surface area contributed by atoms with Crippen LogP contribution in [0.25, 0.3) is 0 Å².